The van der Waals surface area contributed by atoms with Crippen LogP contribution in [0.1, 0.15) is 18.4 Å². The highest BCUT2D eigenvalue weighted by atomic mass is 15.0. The summed E-state index contributed by atoms with van der Waals surface area (Å²) in [7, 11) is 0. The van der Waals surface area contributed by atoms with Crippen molar-refractivity contribution in [1.29, 1.82) is 0 Å². The molecule has 1 aliphatic carbocycles. The van der Waals surface area contributed by atoms with Crippen molar-refractivity contribution >= 4 is 16.7 Å². The lowest BCUT2D eigenvalue weighted by atomic mass is 10.1. The van der Waals surface area contributed by atoms with Crippen LogP contribution in [-0.4, -0.2) is 11.0 Å². The van der Waals surface area contributed by atoms with Crippen molar-refractivity contribution in [3.8, 4) is 0 Å². The van der Waals surface area contributed by atoms with E-state index in [1.165, 1.54) is 12.8 Å². The third-order valence-corrected chi connectivity index (χ3v) is 2.94. The minimum Gasteiger partial charge on any atom is -0.367 e. The molecule has 82 valence electrons. The minimum atomic E-state index is 0.535. The largest absolute Gasteiger partial charge is 0.367 e. The van der Waals surface area contributed by atoms with Crippen LogP contribution >= 0.6 is 0 Å². The number of hydrogen-bond donors (Lipinski definition) is 2. The summed E-state index contributed by atoms with van der Waals surface area (Å²) in [5.74, 6) is 0.962. The number of rotatable bonds is 3. The zero-order valence-corrected chi connectivity index (χ0v) is 9.11. The minimum absolute atomic E-state index is 0.535. The maximum Gasteiger partial charge on any atom is 0.131 e. The molecule has 3 nitrogen and oxygen atoms in total. The topological polar surface area (TPSA) is 50.9 Å². The molecule has 16 heavy (non-hydrogen) atoms. The van der Waals surface area contributed by atoms with Gasteiger partial charge in [-0.3, -0.25) is 0 Å². The Kier molecular flexibility index (Phi) is 2.26. The van der Waals surface area contributed by atoms with Gasteiger partial charge < -0.3 is 11.1 Å². The number of nitrogens with zero attached hydrogens (tertiary/aromatic N) is 1. The van der Waals surface area contributed by atoms with Gasteiger partial charge in [-0.05, 0) is 25.0 Å². The van der Waals surface area contributed by atoms with Gasteiger partial charge in [0.1, 0.15) is 5.82 Å². The van der Waals surface area contributed by atoms with Gasteiger partial charge in [-0.15, -0.1) is 0 Å². The molecular weight excluding hydrogens is 198 g/mol. The monoisotopic (exact) mass is 213 g/mol. The second-order valence-corrected chi connectivity index (χ2v) is 4.31. The first-order chi connectivity index (χ1) is 7.86. The summed E-state index contributed by atoms with van der Waals surface area (Å²) in [5.41, 5.74) is 7.89. The molecule has 3 rings (SSSR count). The van der Waals surface area contributed by atoms with Crippen LogP contribution in [0.15, 0.2) is 30.3 Å². The van der Waals surface area contributed by atoms with Crippen molar-refractivity contribution in [3.63, 3.8) is 0 Å². The fourth-order valence-electron chi connectivity index (χ4n) is 1.86. The molecule has 3 heteroatoms. The van der Waals surface area contributed by atoms with E-state index in [-0.39, 0.29) is 0 Å². The van der Waals surface area contributed by atoms with Crippen molar-refractivity contribution in [2.45, 2.75) is 25.4 Å². The van der Waals surface area contributed by atoms with E-state index in [0.717, 1.165) is 22.3 Å². The van der Waals surface area contributed by atoms with E-state index in [1.807, 2.05) is 18.2 Å². The van der Waals surface area contributed by atoms with E-state index in [4.69, 9.17) is 5.73 Å². The van der Waals surface area contributed by atoms with Crippen LogP contribution in [0, 0.1) is 0 Å². The van der Waals surface area contributed by atoms with Crippen LogP contribution in [0.25, 0.3) is 10.9 Å². The molecule has 0 unspecified atom stereocenters. The molecule has 1 heterocycles. The Labute approximate surface area is 94.7 Å². The summed E-state index contributed by atoms with van der Waals surface area (Å²) in [4.78, 5) is 4.64. The van der Waals surface area contributed by atoms with Crippen LogP contribution in [0.5, 0.6) is 0 Å². The summed E-state index contributed by atoms with van der Waals surface area (Å²) in [6, 6.07) is 10.9. The van der Waals surface area contributed by atoms with Crippen LogP contribution in [0.3, 0.4) is 0 Å². The average molecular weight is 213 g/mol. The molecular formula is C13H15N3. The second-order valence-electron chi connectivity index (χ2n) is 4.31. The SMILES string of the molecule is NCc1cc2ccccc2nc1NC1CC1. The summed E-state index contributed by atoms with van der Waals surface area (Å²) in [6.07, 6.45) is 2.50. The molecule has 0 amide bonds. The molecule has 0 atom stereocenters. The van der Waals surface area contributed by atoms with Gasteiger partial charge in [0.05, 0.1) is 5.52 Å². The molecule has 1 saturated carbocycles. The Balaban J connectivity index is 2.09. The first-order valence-electron chi connectivity index (χ1n) is 5.72. The molecule has 0 bridgehead atoms. The van der Waals surface area contributed by atoms with E-state index >= 15 is 0 Å². The number of nitrogens with one attached hydrogen (secondary N) is 1. The molecule has 1 fully saturated rings. The number of fused-ring (bicyclic) bond motifs is 1. The first-order valence-corrected chi connectivity index (χ1v) is 5.72. The zero-order valence-electron chi connectivity index (χ0n) is 9.11. The summed E-state index contributed by atoms with van der Waals surface area (Å²) in [6.45, 7) is 0.535. The third kappa shape index (κ3) is 1.74. The van der Waals surface area contributed by atoms with Crippen LogP contribution in [0.2, 0.25) is 0 Å². The first kappa shape index (κ1) is 9.60. The van der Waals surface area contributed by atoms with Crippen LogP contribution in [-0.2, 0) is 6.54 Å². The van der Waals surface area contributed by atoms with E-state index in [9.17, 15) is 0 Å². The number of anilines is 1. The Bertz CT molecular complexity index is 518. The lowest BCUT2D eigenvalue weighted by Crippen LogP contribution is -2.09. The third-order valence-electron chi connectivity index (χ3n) is 2.94. The highest BCUT2D eigenvalue weighted by molar-refractivity contribution is 5.81. The van der Waals surface area contributed by atoms with Crippen molar-refractivity contribution in [2.75, 3.05) is 5.32 Å². The number of benzene rings is 1. The standard InChI is InChI=1S/C13H15N3/c14-8-10-7-9-3-1-2-4-12(9)16-13(10)15-11-5-6-11/h1-4,7,11H,5-6,8,14H2,(H,15,16). The molecule has 1 aliphatic rings. The number of para-hydroxylation sites is 1. The lowest BCUT2D eigenvalue weighted by Gasteiger charge is -2.10. The maximum absolute atomic E-state index is 5.76. The van der Waals surface area contributed by atoms with E-state index in [1.54, 1.807) is 0 Å². The lowest BCUT2D eigenvalue weighted by molar-refractivity contribution is 1.03. The number of pyridine rings is 1. The number of nitrogens with two attached hydrogens (primary N) is 1. The Morgan fingerprint density at radius 2 is 2.12 bits per heavy atom. The van der Waals surface area contributed by atoms with Crippen molar-refractivity contribution in [1.82, 2.24) is 4.98 Å². The maximum atomic E-state index is 5.76. The van der Waals surface area contributed by atoms with E-state index < -0.39 is 0 Å². The number of hydrogen-bond acceptors (Lipinski definition) is 3. The van der Waals surface area contributed by atoms with Crippen molar-refractivity contribution < 1.29 is 0 Å². The molecule has 1 aromatic carbocycles. The Morgan fingerprint density at radius 1 is 1.31 bits per heavy atom. The van der Waals surface area contributed by atoms with Gasteiger partial charge in [-0.1, -0.05) is 18.2 Å². The summed E-state index contributed by atoms with van der Waals surface area (Å²) >= 11 is 0. The van der Waals surface area contributed by atoms with Gasteiger partial charge >= 0.3 is 0 Å². The molecule has 1 aromatic heterocycles. The predicted octanol–water partition coefficient (Wildman–Crippen LogP) is 2.27. The predicted molar refractivity (Wildman–Crippen MR) is 66.3 cm³/mol. The van der Waals surface area contributed by atoms with Gasteiger partial charge in [0.2, 0.25) is 0 Å². The van der Waals surface area contributed by atoms with Gasteiger partial charge in [0.25, 0.3) is 0 Å². The fraction of sp³-hybridized carbons (Fsp3) is 0.308. The zero-order chi connectivity index (χ0) is 11.0. The fourth-order valence-corrected chi connectivity index (χ4v) is 1.86. The highest BCUT2D eigenvalue weighted by Crippen LogP contribution is 2.27. The van der Waals surface area contributed by atoms with Crippen LogP contribution in [0.4, 0.5) is 5.82 Å². The van der Waals surface area contributed by atoms with Gasteiger partial charge in [0, 0.05) is 23.5 Å². The van der Waals surface area contributed by atoms with Crippen molar-refractivity contribution in [3.05, 3.63) is 35.9 Å². The molecule has 3 N–H and O–H groups in total. The quantitative estimate of drug-likeness (QED) is 0.822. The molecule has 0 spiro atoms. The average Bonchev–Trinajstić information content (AvgIpc) is 3.12. The molecule has 0 saturated heterocycles. The molecule has 0 aliphatic heterocycles. The second kappa shape index (κ2) is 3.76. The van der Waals surface area contributed by atoms with Gasteiger partial charge in [0.15, 0.2) is 0 Å². The molecule has 0 radical (unpaired) electrons. The number of aromatic nitrogens is 1. The van der Waals surface area contributed by atoms with Gasteiger partial charge in [-0.25, -0.2) is 4.98 Å². The van der Waals surface area contributed by atoms with Crippen LogP contribution < -0.4 is 11.1 Å². The smallest absolute Gasteiger partial charge is 0.131 e. The van der Waals surface area contributed by atoms with Crippen molar-refractivity contribution in [2.24, 2.45) is 5.73 Å². The van der Waals surface area contributed by atoms with E-state index in [0.29, 0.717) is 12.6 Å². The van der Waals surface area contributed by atoms with E-state index in [2.05, 4.69) is 22.4 Å². The summed E-state index contributed by atoms with van der Waals surface area (Å²) in [5, 5.41) is 4.59. The summed E-state index contributed by atoms with van der Waals surface area (Å²) < 4.78 is 0. The Morgan fingerprint density at radius 3 is 2.88 bits per heavy atom. The normalized spacial score (nSPS) is 15.3. The highest BCUT2D eigenvalue weighted by Gasteiger charge is 2.22. The molecule has 2 aromatic rings. The Hall–Kier alpha value is -1.61. The van der Waals surface area contributed by atoms with Gasteiger partial charge in [-0.2, -0.15) is 0 Å².